The molecule has 5 rings (SSSR count). The van der Waals surface area contributed by atoms with Crippen molar-refractivity contribution < 1.29 is 67.5 Å². The number of hydrogen-bond donors (Lipinski definition) is 3. The Balaban J connectivity index is 0.000000253. The molecule has 2 atom stereocenters. The number of benzene rings is 3. The topological polar surface area (TPSA) is 203 Å². The first-order chi connectivity index (χ1) is 26.5. The fourth-order valence-corrected chi connectivity index (χ4v) is 4.85. The first-order valence-corrected chi connectivity index (χ1v) is 17.4. The molecule has 16 heteroatoms. The van der Waals surface area contributed by atoms with Gasteiger partial charge in [0, 0.05) is 26.4 Å². The Labute approximate surface area is 319 Å². The number of phenolic OH excluding ortho intramolecular Hbond substituents is 2. The van der Waals surface area contributed by atoms with Crippen molar-refractivity contribution in [2.75, 3.05) is 80.3 Å². The molecule has 3 N–H and O–H groups in total. The summed E-state index contributed by atoms with van der Waals surface area (Å²) in [4.78, 5) is 32.2. The van der Waals surface area contributed by atoms with Crippen molar-refractivity contribution in [3.8, 4) is 23.0 Å². The zero-order valence-electron chi connectivity index (χ0n) is 31.4. The summed E-state index contributed by atoms with van der Waals surface area (Å²) in [6.45, 7) is 6.73. The molecule has 0 bridgehead atoms. The van der Waals surface area contributed by atoms with Gasteiger partial charge in [0.2, 0.25) is 11.8 Å². The van der Waals surface area contributed by atoms with Gasteiger partial charge in [-0.1, -0.05) is 30.3 Å². The first kappa shape index (κ1) is 42.3. The average molecular weight is 769 g/mol. The van der Waals surface area contributed by atoms with Gasteiger partial charge < -0.3 is 58.0 Å². The second-order valence-corrected chi connectivity index (χ2v) is 12.6. The van der Waals surface area contributed by atoms with Crippen LogP contribution in [0.3, 0.4) is 0 Å². The zero-order valence-corrected chi connectivity index (χ0v) is 31.4. The van der Waals surface area contributed by atoms with Crippen LogP contribution in [-0.4, -0.2) is 130 Å². The third-order valence-corrected chi connectivity index (χ3v) is 8.05. The Bertz CT molecular complexity index is 1770. The molecule has 0 aliphatic carbocycles. The van der Waals surface area contributed by atoms with E-state index in [4.69, 9.17) is 47.7 Å². The van der Waals surface area contributed by atoms with E-state index in [1.807, 2.05) is 30.3 Å². The predicted octanol–water partition coefficient (Wildman–Crippen LogP) is 3.77. The summed E-state index contributed by atoms with van der Waals surface area (Å²) in [5.74, 6) is -0.478. The molecule has 55 heavy (non-hydrogen) atoms. The highest BCUT2D eigenvalue weighted by Gasteiger charge is 2.42. The maximum Gasteiger partial charge on any atom is 0.337 e. The smallest absolute Gasteiger partial charge is 0.337 e. The molecular formula is C39H48N2O14. The molecule has 3 aromatic rings. The van der Waals surface area contributed by atoms with E-state index in [0.717, 1.165) is 5.56 Å². The van der Waals surface area contributed by atoms with Crippen molar-refractivity contribution in [2.45, 2.75) is 31.5 Å². The number of methoxy groups -OCH3 is 2. The lowest BCUT2D eigenvalue weighted by Crippen LogP contribution is -2.36. The van der Waals surface area contributed by atoms with Crippen LogP contribution < -0.4 is 9.47 Å². The molecule has 2 aliphatic rings. The molecular weight excluding hydrogens is 720 g/mol. The Kier molecular flexibility index (Phi) is 16.1. The summed E-state index contributed by atoms with van der Waals surface area (Å²) in [7, 11) is 3.21. The lowest BCUT2D eigenvalue weighted by Gasteiger charge is -2.16. The molecule has 2 heterocycles. The molecule has 0 saturated carbocycles. The Morgan fingerprint density at radius 1 is 0.673 bits per heavy atom. The molecule has 2 aliphatic heterocycles. The summed E-state index contributed by atoms with van der Waals surface area (Å²) in [5, 5.41) is 29.6. The first-order valence-electron chi connectivity index (χ1n) is 17.4. The van der Waals surface area contributed by atoms with Crippen LogP contribution in [-0.2, 0) is 49.4 Å². The number of carboxylic acid groups (broad SMARTS) is 1. The van der Waals surface area contributed by atoms with Crippen molar-refractivity contribution >= 4 is 23.7 Å². The van der Waals surface area contributed by atoms with E-state index < -0.39 is 23.0 Å². The largest absolute Gasteiger partial charge is 0.507 e. The maximum atomic E-state index is 12.6. The number of aliphatic carboxylic acids is 1. The van der Waals surface area contributed by atoms with E-state index >= 15 is 0 Å². The molecule has 0 amide bonds. The molecule has 298 valence electrons. The second-order valence-electron chi connectivity index (χ2n) is 12.6. The van der Waals surface area contributed by atoms with Gasteiger partial charge >= 0.3 is 11.9 Å². The van der Waals surface area contributed by atoms with E-state index in [9.17, 15) is 19.8 Å². The van der Waals surface area contributed by atoms with Gasteiger partial charge in [-0.05, 0) is 43.7 Å². The molecule has 2 unspecified atom stereocenters. The van der Waals surface area contributed by atoms with Crippen molar-refractivity contribution in [1.29, 1.82) is 0 Å². The summed E-state index contributed by atoms with van der Waals surface area (Å²) in [6, 6.07) is 18.9. The van der Waals surface area contributed by atoms with Gasteiger partial charge in [-0.25, -0.2) is 19.6 Å². The summed E-state index contributed by atoms with van der Waals surface area (Å²) < 4.78 is 47.7. The summed E-state index contributed by atoms with van der Waals surface area (Å²) in [6.07, 6.45) is 0. The number of rotatable bonds is 20. The van der Waals surface area contributed by atoms with Gasteiger partial charge in [-0.3, -0.25) is 0 Å². The van der Waals surface area contributed by atoms with Gasteiger partial charge in [-0.2, -0.15) is 0 Å². The minimum atomic E-state index is -1.34. The van der Waals surface area contributed by atoms with E-state index in [1.54, 1.807) is 45.4 Å². The fourth-order valence-electron chi connectivity index (χ4n) is 4.85. The third-order valence-electron chi connectivity index (χ3n) is 8.05. The van der Waals surface area contributed by atoms with Crippen molar-refractivity contribution in [3.05, 3.63) is 83.4 Å². The monoisotopic (exact) mass is 768 g/mol. The Morgan fingerprint density at radius 3 is 1.60 bits per heavy atom. The highest BCUT2D eigenvalue weighted by molar-refractivity contribution is 6.01. The number of aromatic hydroxyl groups is 2. The van der Waals surface area contributed by atoms with Crippen LogP contribution in [0, 0.1) is 0 Å². The molecule has 3 aromatic carbocycles. The number of carbonyl (C=O) groups is 2. The third kappa shape index (κ3) is 12.6. The predicted molar refractivity (Wildman–Crippen MR) is 198 cm³/mol. The summed E-state index contributed by atoms with van der Waals surface area (Å²) >= 11 is 0. The summed E-state index contributed by atoms with van der Waals surface area (Å²) in [5.41, 5.74) is -0.922. The van der Waals surface area contributed by atoms with Crippen LogP contribution in [0.15, 0.2) is 76.7 Å². The minimum absolute atomic E-state index is 0.0342. The number of carbonyl (C=O) groups excluding carboxylic acids is 1. The van der Waals surface area contributed by atoms with Crippen LogP contribution in [0.4, 0.5) is 0 Å². The molecule has 0 aromatic heterocycles. The van der Waals surface area contributed by atoms with Gasteiger partial charge in [0.15, 0.2) is 11.1 Å². The van der Waals surface area contributed by atoms with E-state index in [1.165, 1.54) is 19.1 Å². The molecule has 16 nitrogen and oxygen atoms in total. The lowest BCUT2D eigenvalue weighted by atomic mass is 10.1. The van der Waals surface area contributed by atoms with Crippen LogP contribution >= 0.6 is 0 Å². The van der Waals surface area contributed by atoms with Gasteiger partial charge in [-0.15, -0.1) is 0 Å². The Hall–Kier alpha value is -5.42. The molecule has 0 fully saturated rings. The normalized spacial score (nSPS) is 18.5. The van der Waals surface area contributed by atoms with Crippen LogP contribution in [0.25, 0.3) is 0 Å². The van der Waals surface area contributed by atoms with Gasteiger partial charge in [0.05, 0.1) is 50.8 Å². The standard InChI is InChI=1S/C23H27NO7.C16H21NO7/c1-23(22(26)30-15-17-6-4-3-5-7-17)16-31-21(24-23)19-9-8-18(14-20(19)25)29-13-12-28-11-10-27-2;1-16(15(19)20)10-24-14(17-16)12-4-3-11(9-13(12)18)23-8-7-22-6-5-21-2/h3-9,14,25H,10-13,15-16H2,1-2H3;3-4,9,18H,5-8,10H2,1-2H3,(H,19,20). The van der Waals surface area contributed by atoms with Crippen molar-refractivity contribution in [3.63, 3.8) is 0 Å². The molecule has 0 saturated heterocycles. The number of nitrogens with zero attached hydrogens (tertiary/aromatic N) is 2. The zero-order chi connectivity index (χ0) is 39.7. The second kappa shape index (κ2) is 20.9. The fraction of sp³-hybridized carbons (Fsp3) is 0.436. The molecule has 0 radical (unpaired) electrons. The lowest BCUT2D eigenvalue weighted by molar-refractivity contribution is -0.151. The number of phenols is 2. The highest BCUT2D eigenvalue weighted by atomic mass is 16.6. The Morgan fingerprint density at radius 2 is 1.15 bits per heavy atom. The highest BCUT2D eigenvalue weighted by Crippen LogP contribution is 2.31. The van der Waals surface area contributed by atoms with E-state index in [-0.39, 0.29) is 43.1 Å². The maximum absolute atomic E-state index is 12.6. The SMILES string of the molecule is COCCOCCOc1ccc(C2=NC(C)(C(=O)O)CO2)c(O)c1.COCCOCCOc1ccc(C2=NC(C)(C(=O)OCc3ccccc3)CO2)c(O)c1. The van der Waals surface area contributed by atoms with Crippen LogP contribution in [0.2, 0.25) is 0 Å². The molecule has 0 spiro atoms. The van der Waals surface area contributed by atoms with Gasteiger partial charge in [0.25, 0.3) is 0 Å². The van der Waals surface area contributed by atoms with Crippen LogP contribution in [0.1, 0.15) is 30.5 Å². The average Bonchev–Trinajstić information content (AvgIpc) is 3.78. The van der Waals surface area contributed by atoms with E-state index in [2.05, 4.69) is 9.98 Å². The van der Waals surface area contributed by atoms with Crippen LogP contribution in [0.5, 0.6) is 23.0 Å². The van der Waals surface area contributed by atoms with Crippen molar-refractivity contribution in [2.24, 2.45) is 9.98 Å². The van der Waals surface area contributed by atoms with Crippen molar-refractivity contribution in [1.82, 2.24) is 0 Å². The minimum Gasteiger partial charge on any atom is -0.507 e. The van der Waals surface area contributed by atoms with Gasteiger partial charge in [0.1, 0.15) is 56.0 Å². The number of hydrogen-bond acceptors (Lipinski definition) is 15. The number of ether oxygens (including phenoxy) is 9. The number of esters is 1. The van der Waals surface area contributed by atoms with E-state index in [0.29, 0.717) is 75.5 Å². The number of carboxylic acids is 1. The number of aliphatic imine (C=N–C) groups is 2. The quantitative estimate of drug-likeness (QED) is 0.111.